The summed E-state index contributed by atoms with van der Waals surface area (Å²) in [6.07, 6.45) is 2.69. The van der Waals surface area contributed by atoms with Crippen LogP contribution in [-0.2, 0) is 4.74 Å². The fourth-order valence-electron chi connectivity index (χ4n) is 2.78. The molecule has 2 rings (SSSR count). The highest BCUT2D eigenvalue weighted by atomic mass is 16.5. The van der Waals surface area contributed by atoms with Crippen LogP contribution in [0.4, 0.5) is 0 Å². The Morgan fingerprint density at radius 2 is 2.25 bits per heavy atom. The number of rotatable bonds is 4. The van der Waals surface area contributed by atoms with Gasteiger partial charge in [-0.2, -0.15) is 0 Å². The predicted molar refractivity (Wildman–Crippen MR) is 63.5 cm³/mol. The molecule has 94 valence electrons. The summed E-state index contributed by atoms with van der Waals surface area (Å²) in [6.45, 7) is 8.69. The molecular formula is C12H24N2O2. The van der Waals surface area contributed by atoms with Crippen LogP contribution in [0.15, 0.2) is 0 Å². The summed E-state index contributed by atoms with van der Waals surface area (Å²) in [5.41, 5.74) is 0. The molecule has 16 heavy (non-hydrogen) atoms. The average Bonchev–Trinajstić information content (AvgIpc) is 2.76. The Morgan fingerprint density at radius 1 is 1.38 bits per heavy atom. The number of hydrogen-bond donors (Lipinski definition) is 1. The maximum atomic E-state index is 9.27. The highest BCUT2D eigenvalue weighted by molar-refractivity contribution is 4.82. The first-order valence-electron chi connectivity index (χ1n) is 6.52. The number of likely N-dealkylation sites (tertiary alicyclic amines) is 1. The van der Waals surface area contributed by atoms with Crippen molar-refractivity contribution in [3.8, 4) is 0 Å². The van der Waals surface area contributed by atoms with E-state index in [1.807, 2.05) is 0 Å². The molecule has 4 heteroatoms. The summed E-state index contributed by atoms with van der Waals surface area (Å²) in [5.74, 6) is 0. The lowest BCUT2D eigenvalue weighted by Gasteiger charge is -2.35. The number of ether oxygens (including phenoxy) is 1. The molecule has 2 atom stereocenters. The van der Waals surface area contributed by atoms with Gasteiger partial charge in [0.15, 0.2) is 0 Å². The Labute approximate surface area is 98.2 Å². The summed E-state index contributed by atoms with van der Waals surface area (Å²) in [6, 6.07) is 0.376. The molecule has 0 aromatic rings. The van der Waals surface area contributed by atoms with E-state index < -0.39 is 0 Å². The smallest absolute Gasteiger partial charge is 0.0829 e. The van der Waals surface area contributed by atoms with Gasteiger partial charge in [0, 0.05) is 25.7 Å². The molecule has 0 amide bonds. The lowest BCUT2D eigenvalue weighted by atomic mass is 10.2. The number of morpholine rings is 1. The van der Waals surface area contributed by atoms with Crippen LogP contribution in [-0.4, -0.2) is 73.0 Å². The summed E-state index contributed by atoms with van der Waals surface area (Å²) >= 11 is 0. The van der Waals surface area contributed by atoms with Gasteiger partial charge in [0.25, 0.3) is 0 Å². The molecule has 2 saturated heterocycles. The van der Waals surface area contributed by atoms with Gasteiger partial charge in [0.05, 0.1) is 19.3 Å². The molecule has 2 unspecified atom stereocenters. The summed E-state index contributed by atoms with van der Waals surface area (Å²) in [5, 5.41) is 9.27. The Hall–Kier alpha value is -0.160. The van der Waals surface area contributed by atoms with Gasteiger partial charge in [-0.15, -0.1) is 0 Å². The third-order valence-corrected chi connectivity index (χ3v) is 3.82. The molecule has 2 fully saturated rings. The number of hydrogen-bond acceptors (Lipinski definition) is 4. The maximum absolute atomic E-state index is 9.27. The number of aliphatic hydroxyl groups excluding tert-OH is 1. The molecular weight excluding hydrogens is 204 g/mol. The molecule has 0 aromatic carbocycles. The SMILES string of the molecule is CCN1CCOC(CN2CCCC2CO)C1. The number of likely N-dealkylation sites (N-methyl/N-ethyl adjacent to an activating group) is 1. The van der Waals surface area contributed by atoms with Crippen LogP contribution in [0.1, 0.15) is 19.8 Å². The van der Waals surface area contributed by atoms with Gasteiger partial charge in [0.2, 0.25) is 0 Å². The second-order valence-electron chi connectivity index (χ2n) is 4.86. The fraction of sp³-hybridized carbons (Fsp3) is 1.00. The summed E-state index contributed by atoms with van der Waals surface area (Å²) in [4.78, 5) is 4.84. The highest BCUT2D eigenvalue weighted by Gasteiger charge is 2.28. The predicted octanol–water partition coefficient (Wildman–Crippen LogP) is 0.164. The van der Waals surface area contributed by atoms with Gasteiger partial charge >= 0.3 is 0 Å². The van der Waals surface area contributed by atoms with Crippen molar-refractivity contribution in [3.63, 3.8) is 0 Å². The normalized spacial score (nSPS) is 33.4. The van der Waals surface area contributed by atoms with Crippen molar-refractivity contribution in [2.75, 3.05) is 45.9 Å². The largest absolute Gasteiger partial charge is 0.395 e. The van der Waals surface area contributed by atoms with Gasteiger partial charge in [-0.1, -0.05) is 6.92 Å². The monoisotopic (exact) mass is 228 g/mol. The second-order valence-corrected chi connectivity index (χ2v) is 4.86. The van der Waals surface area contributed by atoms with E-state index in [9.17, 15) is 5.11 Å². The molecule has 4 nitrogen and oxygen atoms in total. The molecule has 0 aliphatic carbocycles. The van der Waals surface area contributed by atoms with Crippen molar-refractivity contribution in [3.05, 3.63) is 0 Å². The quantitative estimate of drug-likeness (QED) is 0.744. The van der Waals surface area contributed by atoms with E-state index in [-0.39, 0.29) is 0 Å². The minimum atomic E-state index is 0.296. The zero-order valence-electron chi connectivity index (χ0n) is 10.3. The van der Waals surface area contributed by atoms with Crippen LogP contribution in [0.3, 0.4) is 0 Å². The number of aliphatic hydroxyl groups is 1. The van der Waals surface area contributed by atoms with Crippen molar-refractivity contribution >= 4 is 0 Å². The average molecular weight is 228 g/mol. The first kappa shape index (κ1) is 12.3. The third kappa shape index (κ3) is 2.94. The molecule has 0 radical (unpaired) electrons. The first-order chi connectivity index (χ1) is 7.83. The van der Waals surface area contributed by atoms with Gasteiger partial charge < -0.3 is 9.84 Å². The van der Waals surface area contributed by atoms with Crippen LogP contribution in [0.2, 0.25) is 0 Å². The van der Waals surface area contributed by atoms with Crippen molar-refractivity contribution < 1.29 is 9.84 Å². The fourth-order valence-corrected chi connectivity index (χ4v) is 2.78. The van der Waals surface area contributed by atoms with Crippen LogP contribution in [0.5, 0.6) is 0 Å². The molecule has 2 aliphatic heterocycles. The second kappa shape index (κ2) is 5.96. The third-order valence-electron chi connectivity index (χ3n) is 3.82. The highest BCUT2D eigenvalue weighted by Crippen LogP contribution is 2.18. The molecule has 0 saturated carbocycles. The topological polar surface area (TPSA) is 35.9 Å². The van der Waals surface area contributed by atoms with Crippen molar-refractivity contribution in [2.45, 2.75) is 31.9 Å². The van der Waals surface area contributed by atoms with E-state index in [1.165, 1.54) is 6.42 Å². The Morgan fingerprint density at radius 3 is 3.00 bits per heavy atom. The Bertz CT molecular complexity index is 213. The molecule has 0 bridgehead atoms. The van der Waals surface area contributed by atoms with Crippen LogP contribution < -0.4 is 0 Å². The van der Waals surface area contributed by atoms with E-state index in [4.69, 9.17) is 4.74 Å². The standard InChI is InChI=1S/C12H24N2O2/c1-2-13-6-7-16-12(8-13)9-14-5-3-4-11(14)10-15/h11-12,15H,2-10H2,1H3. The van der Waals surface area contributed by atoms with Crippen LogP contribution >= 0.6 is 0 Å². The van der Waals surface area contributed by atoms with Crippen molar-refractivity contribution in [1.82, 2.24) is 9.80 Å². The van der Waals surface area contributed by atoms with E-state index in [0.717, 1.165) is 45.8 Å². The lowest BCUT2D eigenvalue weighted by molar-refractivity contribution is -0.0454. The lowest BCUT2D eigenvalue weighted by Crippen LogP contribution is -2.48. The van der Waals surface area contributed by atoms with E-state index in [1.54, 1.807) is 0 Å². The minimum Gasteiger partial charge on any atom is -0.395 e. The molecule has 2 aliphatic rings. The van der Waals surface area contributed by atoms with Gasteiger partial charge in [-0.25, -0.2) is 0 Å². The van der Waals surface area contributed by atoms with Gasteiger partial charge in [-0.05, 0) is 25.9 Å². The Balaban J connectivity index is 1.79. The van der Waals surface area contributed by atoms with Crippen molar-refractivity contribution in [2.24, 2.45) is 0 Å². The molecule has 2 heterocycles. The molecule has 0 spiro atoms. The van der Waals surface area contributed by atoms with Gasteiger partial charge in [-0.3, -0.25) is 9.80 Å². The summed E-state index contributed by atoms with van der Waals surface area (Å²) in [7, 11) is 0. The number of nitrogens with zero attached hydrogens (tertiary/aromatic N) is 2. The zero-order valence-corrected chi connectivity index (χ0v) is 10.3. The van der Waals surface area contributed by atoms with E-state index in [0.29, 0.717) is 18.8 Å². The van der Waals surface area contributed by atoms with E-state index in [2.05, 4.69) is 16.7 Å². The van der Waals surface area contributed by atoms with Crippen LogP contribution in [0, 0.1) is 0 Å². The van der Waals surface area contributed by atoms with E-state index >= 15 is 0 Å². The maximum Gasteiger partial charge on any atom is 0.0829 e. The minimum absolute atomic E-state index is 0.296. The zero-order chi connectivity index (χ0) is 11.4. The van der Waals surface area contributed by atoms with Crippen molar-refractivity contribution in [1.29, 1.82) is 0 Å². The first-order valence-corrected chi connectivity index (χ1v) is 6.52. The van der Waals surface area contributed by atoms with Crippen LogP contribution in [0.25, 0.3) is 0 Å². The van der Waals surface area contributed by atoms with Gasteiger partial charge in [0.1, 0.15) is 0 Å². The Kier molecular flexibility index (Phi) is 4.58. The molecule has 1 N–H and O–H groups in total. The summed E-state index contributed by atoms with van der Waals surface area (Å²) < 4.78 is 5.80. The molecule has 0 aromatic heterocycles.